The molecule has 0 spiro atoms. The number of carbonyl (C=O) groups is 1. The molecule has 0 N–H and O–H groups in total. The summed E-state index contributed by atoms with van der Waals surface area (Å²) in [5.74, 6) is -4.66. The molecular weight excluding hydrogens is 414 g/mol. The van der Waals surface area contributed by atoms with Gasteiger partial charge in [-0.25, -0.2) is 13.2 Å². The molecule has 0 radical (unpaired) electrons. The van der Waals surface area contributed by atoms with Crippen molar-refractivity contribution in [3.63, 3.8) is 0 Å². The SMILES string of the molecule is CCCC(=O)OC1=Cc2cc(F)c(-c3ccc(OC(F)(F)F)c(F)c3)c(F)c2CC1. The van der Waals surface area contributed by atoms with E-state index in [9.17, 15) is 26.7 Å². The molecule has 0 fully saturated rings. The van der Waals surface area contributed by atoms with Crippen molar-refractivity contribution >= 4 is 12.0 Å². The van der Waals surface area contributed by atoms with Crippen LogP contribution in [0.2, 0.25) is 0 Å². The van der Waals surface area contributed by atoms with Crippen LogP contribution in [0.4, 0.5) is 26.3 Å². The number of alkyl halides is 3. The third-order valence-corrected chi connectivity index (χ3v) is 4.44. The second-order valence-corrected chi connectivity index (χ2v) is 6.64. The van der Waals surface area contributed by atoms with Crippen LogP contribution in [-0.4, -0.2) is 12.3 Å². The molecule has 0 amide bonds. The monoisotopic (exact) mass is 430 g/mol. The van der Waals surface area contributed by atoms with Gasteiger partial charge in [0.05, 0.1) is 5.56 Å². The molecule has 0 saturated heterocycles. The Morgan fingerprint density at radius 3 is 2.43 bits per heavy atom. The van der Waals surface area contributed by atoms with Gasteiger partial charge >= 0.3 is 12.3 Å². The lowest BCUT2D eigenvalue weighted by Crippen LogP contribution is -2.18. The van der Waals surface area contributed by atoms with Crippen LogP contribution in [0.3, 0.4) is 0 Å². The number of fused-ring (bicyclic) bond motifs is 1. The van der Waals surface area contributed by atoms with Crippen molar-refractivity contribution in [3.8, 4) is 16.9 Å². The van der Waals surface area contributed by atoms with Crippen LogP contribution in [0.15, 0.2) is 30.0 Å². The minimum absolute atomic E-state index is 0.109. The zero-order valence-electron chi connectivity index (χ0n) is 15.7. The fourth-order valence-electron chi connectivity index (χ4n) is 3.17. The molecule has 2 aromatic rings. The summed E-state index contributed by atoms with van der Waals surface area (Å²) in [6.07, 6.45) is -2.61. The molecule has 160 valence electrons. The Labute approximate surface area is 167 Å². The van der Waals surface area contributed by atoms with E-state index in [0.717, 1.165) is 12.1 Å². The molecule has 0 unspecified atom stereocenters. The Morgan fingerprint density at radius 2 is 1.80 bits per heavy atom. The van der Waals surface area contributed by atoms with E-state index in [1.54, 1.807) is 0 Å². The van der Waals surface area contributed by atoms with E-state index in [4.69, 9.17) is 4.74 Å². The highest BCUT2D eigenvalue weighted by molar-refractivity contribution is 5.74. The quantitative estimate of drug-likeness (QED) is 0.413. The average molecular weight is 430 g/mol. The fourth-order valence-corrected chi connectivity index (χ4v) is 3.17. The normalized spacial score (nSPS) is 13.5. The summed E-state index contributed by atoms with van der Waals surface area (Å²) in [6, 6.07) is 3.18. The number of halogens is 6. The minimum atomic E-state index is -5.10. The van der Waals surface area contributed by atoms with E-state index >= 15 is 4.39 Å². The zero-order chi connectivity index (χ0) is 22.1. The maximum absolute atomic E-state index is 15.0. The summed E-state index contributed by atoms with van der Waals surface area (Å²) in [5, 5.41) is 0. The van der Waals surface area contributed by atoms with Gasteiger partial charge in [0.2, 0.25) is 0 Å². The molecule has 0 atom stereocenters. The molecule has 1 aliphatic rings. The summed E-state index contributed by atoms with van der Waals surface area (Å²) in [6.45, 7) is 1.81. The van der Waals surface area contributed by atoms with Crippen LogP contribution >= 0.6 is 0 Å². The molecule has 0 aliphatic heterocycles. The van der Waals surface area contributed by atoms with Crippen molar-refractivity contribution in [2.75, 3.05) is 0 Å². The van der Waals surface area contributed by atoms with Crippen molar-refractivity contribution in [2.45, 2.75) is 39.0 Å². The smallest absolute Gasteiger partial charge is 0.431 e. The standard InChI is InChI=1S/C21H16F6O3/c1-2-3-18(28)29-13-5-6-14-12(8-13)10-16(23)19(20(14)24)11-4-7-17(15(22)9-11)30-21(25,26)27/h4,7-10H,2-3,5-6H2,1H3. The first-order valence-electron chi connectivity index (χ1n) is 9.07. The maximum atomic E-state index is 15.0. The molecular formula is C21H16F6O3. The number of esters is 1. The molecule has 0 bridgehead atoms. The Hall–Kier alpha value is -2.97. The van der Waals surface area contributed by atoms with Crippen LogP contribution in [-0.2, 0) is 16.0 Å². The van der Waals surface area contributed by atoms with Gasteiger partial charge in [0.1, 0.15) is 17.4 Å². The first-order chi connectivity index (χ1) is 14.1. The van der Waals surface area contributed by atoms with Gasteiger partial charge < -0.3 is 9.47 Å². The van der Waals surface area contributed by atoms with Gasteiger partial charge in [0.25, 0.3) is 0 Å². The zero-order valence-corrected chi connectivity index (χ0v) is 15.7. The van der Waals surface area contributed by atoms with Gasteiger partial charge in [0.15, 0.2) is 11.6 Å². The van der Waals surface area contributed by atoms with Crippen molar-refractivity contribution < 1.29 is 40.6 Å². The van der Waals surface area contributed by atoms with E-state index < -0.39 is 41.1 Å². The molecule has 0 aromatic heterocycles. The van der Waals surface area contributed by atoms with E-state index in [0.29, 0.717) is 18.6 Å². The summed E-state index contributed by atoms with van der Waals surface area (Å²) >= 11 is 0. The summed E-state index contributed by atoms with van der Waals surface area (Å²) in [5.41, 5.74) is -0.524. The minimum Gasteiger partial charge on any atom is -0.431 e. The Balaban J connectivity index is 1.95. The lowest BCUT2D eigenvalue weighted by molar-refractivity contribution is -0.275. The van der Waals surface area contributed by atoms with Crippen LogP contribution in [0.5, 0.6) is 5.75 Å². The highest BCUT2D eigenvalue weighted by Crippen LogP contribution is 2.37. The maximum Gasteiger partial charge on any atom is 0.573 e. The lowest BCUT2D eigenvalue weighted by Gasteiger charge is -2.19. The second-order valence-electron chi connectivity index (χ2n) is 6.64. The number of carbonyl (C=O) groups excluding carboxylic acids is 1. The largest absolute Gasteiger partial charge is 0.573 e. The van der Waals surface area contributed by atoms with Crippen LogP contribution in [0, 0.1) is 17.5 Å². The average Bonchev–Trinajstić information content (AvgIpc) is 2.63. The number of ether oxygens (including phenoxy) is 2. The number of hydrogen-bond donors (Lipinski definition) is 0. The molecule has 3 rings (SSSR count). The van der Waals surface area contributed by atoms with Gasteiger partial charge in [-0.3, -0.25) is 4.79 Å². The Kier molecular flexibility index (Phi) is 6.09. The van der Waals surface area contributed by atoms with Crippen molar-refractivity contribution in [2.24, 2.45) is 0 Å². The first-order valence-corrected chi connectivity index (χ1v) is 9.07. The predicted octanol–water partition coefficient (Wildman–Crippen LogP) is 6.30. The van der Waals surface area contributed by atoms with Gasteiger partial charge in [-0.15, -0.1) is 13.2 Å². The third-order valence-electron chi connectivity index (χ3n) is 4.44. The lowest BCUT2D eigenvalue weighted by atomic mass is 9.91. The molecule has 2 aromatic carbocycles. The van der Waals surface area contributed by atoms with Gasteiger partial charge in [-0.05, 0) is 53.8 Å². The summed E-state index contributed by atoms with van der Waals surface area (Å²) < 4.78 is 89.1. The van der Waals surface area contributed by atoms with E-state index in [1.807, 2.05) is 6.92 Å². The molecule has 0 saturated carbocycles. The first kappa shape index (κ1) is 21.7. The van der Waals surface area contributed by atoms with E-state index in [1.165, 1.54) is 6.08 Å². The highest BCUT2D eigenvalue weighted by atomic mass is 19.4. The van der Waals surface area contributed by atoms with E-state index in [2.05, 4.69) is 4.74 Å². The molecule has 3 nitrogen and oxygen atoms in total. The third kappa shape index (κ3) is 4.77. The molecule has 30 heavy (non-hydrogen) atoms. The van der Waals surface area contributed by atoms with E-state index in [-0.39, 0.29) is 41.7 Å². The topological polar surface area (TPSA) is 35.5 Å². The molecule has 0 heterocycles. The number of allylic oxidation sites excluding steroid dienone is 1. The number of hydrogen-bond acceptors (Lipinski definition) is 3. The predicted molar refractivity (Wildman–Crippen MR) is 95.7 cm³/mol. The molecule has 9 heteroatoms. The van der Waals surface area contributed by atoms with Gasteiger partial charge in [0, 0.05) is 12.8 Å². The number of benzene rings is 2. The van der Waals surface area contributed by atoms with Crippen molar-refractivity contribution in [1.29, 1.82) is 0 Å². The summed E-state index contributed by atoms with van der Waals surface area (Å²) in [4.78, 5) is 11.6. The Morgan fingerprint density at radius 1 is 1.07 bits per heavy atom. The summed E-state index contributed by atoms with van der Waals surface area (Å²) in [7, 11) is 0. The van der Waals surface area contributed by atoms with Gasteiger partial charge in [-0.1, -0.05) is 13.0 Å². The number of rotatable bonds is 5. The Bertz CT molecular complexity index is 1010. The molecule has 1 aliphatic carbocycles. The second kappa shape index (κ2) is 8.41. The van der Waals surface area contributed by atoms with Crippen LogP contribution in [0.1, 0.15) is 37.3 Å². The van der Waals surface area contributed by atoms with Crippen LogP contribution < -0.4 is 4.74 Å². The van der Waals surface area contributed by atoms with Gasteiger partial charge in [-0.2, -0.15) is 0 Å². The van der Waals surface area contributed by atoms with Crippen molar-refractivity contribution in [1.82, 2.24) is 0 Å². The van der Waals surface area contributed by atoms with Crippen LogP contribution in [0.25, 0.3) is 17.2 Å². The van der Waals surface area contributed by atoms with Crippen molar-refractivity contribution in [3.05, 3.63) is 58.6 Å². The fraction of sp³-hybridized carbons (Fsp3) is 0.286. The highest BCUT2D eigenvalue weighted by Gasteiger charge is 2.32.